The monoisotopic (exact) mass is 146 g/mol. The van der Waals surface area contributed by atoms with Crippen LogP contribution in [-0.4, -0.2) is 27.8 Å². The maximum atomic E-state index is 9.76. The first-order chi connectivity index (χ1) is 1.41. The molecule has 0 saturated carbocycles. The van der Waals surface area contributed by atoms with Crippen molar-refractivity contribution < 1.29 is 8.22 Å². The molecule has 0 aliphatic heterocycles. The number of hydrogen-bond acceptors (Lipinski definition) is 0. The van der Waals surface area contributed by atoms with E-state index >= 15 is 0 Å². The van der Waals surface area contributed by atoms with E-state index in [-0.39, 0.29) is 17.6 Å². The zero-order chi connectivity index (χ0) is 2.71. The summed E-state index contributed by atoms with van der Waals surface area (Å²) in [6.07, 6.45) is 0. The average Bonchev–Trinajstić information content (AvgIpc) is 0.918. The third kappa shape index (κ3) is 17.9. The van der Waals surface area contributed by atoms with Crippen molar-refractivity contribution in [3.8, 4) is 0 Å². The van der Waals surface area contributed by atoms with Crippen molar-refractivity contribution in [2.75, 3.05) is 0 Å². The van der Waals surface area contributed by atoms with E-state index in [4.69, 9.17) is 0 Å². The molecule has 0 aliphatic rings. The first-order valence-corrected chi connectivity index (χ1v) is 1.60. The molecule has 0 radical (unpaired) electrons. The van der Waals surface area contributed by atoms with Crippen LogP contribution in [0.4, 0.5) is 8.22 Å². The van der Waals surface area contributed by atoms with Gasteiger partial charge in [-0.25, -0.2) is 0 Å². The standard InChI is InChI=1S/F2H2Si.GeH4/c1-3-2;/h3H2;1H4. The van der Waals surface area contributed by atoms with E-state index in [0.717, 1.165) is 0 Å². The minimum absolute atomic E-state index is 0. The Morgan fingerprint density at radius 3 is 1.25 bits per heavy atom. The van der Waals surface area contributed by atoms with Crippen molar-refractivity contribution >= 4 is 27.8 Å². The molecule has 0 unspecified atom stereocenters. The van der Waals surface area contributed by atoms with Crippen LogP contribution in [0.1, 0.15) is 0 Å². The van der Waals surface area contributed by atoms with Crippen molar-refractivity contribution in [1.82, 2.24) is 0 Å². The van der Waals surface area contributed by atoms with Crippen molar-refractivity contribution in [2.24, 2.45) is 0 Å². The molecule has 0 fully saturated rings. The second kappa shape index (κ2) is 9.47. The Bertz CT molecular complexity index is 6.00. The van der Waals surface area contributed by atoms with Gasteiger partial charge in [-0.2, -0.15) is 0 Å². The zero-order valence-corrected chi connectivity index (χ0v) is 2.88. The average molecular weight is 145 g/mol. The van der Waals surface area contributed by atoms with Crippen molar-refractivity contribution in [3.05, 3.63) is 0 Å². The van der Waals surface area contributed by atoms with E-state index in [0.29, 0.717) is 0 Å². The summed E-state index contributed by atoms with van der Waals surface area (Å²) in [5, 5.41) is 0. The Hall–Kier alpha value is 0.620. The molecule has 0 saturated heterocycles. The van der Waals surface area contributed by atoms with Crippen LogP contribution in [0.5, 0.6) is 0 Å². The van der Waals surface area contributed by atoms with Crippen LogP contribution in [0, 0.1) is 0 Å². The molecule has 0 N–H and O–H groups in total. The van der Waals surface area contributed by atoms with Gasteiger partial charge in [0.15, 0.2) is 0 Å². The normalized spacial score (nSPS) is 4.50. The molecule has 4 heteroatoms. The van der Waals surface area contributed by atoms with Gasteiger partial charge in [0.2, 0.25) is 0 Å². The predicted octanol–water partition coefficient (Wildman–Crippen LogP) is -1.53. The van der Waals surface area contributed by atoms with Gasteiger partial charge < -0.3 is 0 Å². The van der Waals surface area contributed by atoms with Gasteiger partial charge in [0, 0.05) is 0 Å². The summed E-state index contributed by atoms with van der Waals surface area (Å²) in [5.74, 6) is 0. The Labute approximate surface area is 36.7 Å². The summed E-state index contributed by atoms with van der Waals surface area (Å²) in [6, 6.07) is 0. The third-order valence-electron chi connectivity index (χ3n) is 0. The first kappa shape index (κ1) is 8.82. The van der Waals surface area contributed by atoms with Crippen molar-refractivity contribution in [1.29, 1.82) is 0 Å². The minimum atomic E-state index is -2.58. The molecular formula is H6F2GeSi. The summed E-state index contributed by atoms with van der Waals surface area (Å²) in [5.41, 5.74) is 0. The van der Waals surface area contributed by atoms with E-state index in [1.54, 1.807) is 0 Å². The van der Waals surface area contributed by atoms with Crippen LogP contribution in [0.25, 0.3) is 0 Å². The molecule has 0 aromatic carbocycles. The van der Waals surface area contributed by atoms with Crippen molar-refractivity contribution in [3.63, 3.8) is 0 Å². The Balaban J connectivity index is 0. The van der Waals surface area contributed by atoms with Crippen molar-refractivity contribution in [2.45, 2.75) is 0 Å². The van der Waals surface area contributed by atoms with Crippen LogP contribution in [0.3, 0.4) is 0 Å². The van der Waals surface area contributed by atoms with Crippen LogP contribution in [-0.2, 0) is 0 Å². The van der Waals surface area contributed by atoms with E-state index in [2.05, 4.69) is 0 Å². The number of rotatable bonds is 0. The van der Waals surface area contributed by atoms with E-state index in [1.807, 2.05) is 0 Å². The van der Waals surface area contributed by atoms with E-state index < -0.39 is 10.2 Å². The maximum absolute atomic E-state index is 9.76. The van der Waals surface area contributed by atoms with Gasteiger partial charge in [0.25, 0.3) is 0 Å². The topological polar surface area (TPSA) is 0 Å². The molecule has 0 aliphatic carbocycles. The van der Waals surface area contributed by atoms with Gasteiger partial charge >= 0.3 is 27.8 Å². The molecule has 0 rings (SSSR count). The predicted molar refractivity (Wildman–Crippen MR) is 22.1 cm³/mol. The Kier molecular flexibility index (Phi) is 20.9. The van der Waals surface area contributed by atoms with Gasteiger partial charge in [-0.3, -0.25) is 8.22 Å². The Morgan fingerprint density at radius 1 is 1.25 bits per heavy atom. The second-order valence-electron chi connectivity index (χ2n) is 0.101. The SMILES string of the molecule is F[SiH2]F.[GeH4]. The van der Waals surface area contributed by atoms with E-state index in [1.165, 1.54) is 0 Å². The zero-order valence-electron chi connectivity index (χ0n) is 1.46. The summed E-state index contributed by atoms with van der Waals surface area (Å²) >= 11 is 0. The summed E-state index contributed by atoms with van der Waals surface area (Å²) < 4.78 is 19.5. The fourth-order valence-electron chi connectivity index (χ4n) is 0. The summed E-state index contributed by atoms with van der Waals surface area (Å²) in [4.78, 5) is 0. The fraction of sp³-hybridized carbons (Fsp3) is 0. The molecule has 0 aromatic heterocycles. The molecule has 4 heavy (non-hydrogen) atoms. The van der Waals surface area contributed by atoms with Crippen LogP contribution >= 0.6 is 0 Å². The molecule has 0 heterocycles. The molecule has 28 valence electrons. The second-order valence-corrected chi connectivity index (χ2v) is 0.303. The van der Waals surface area contributed by atoms with Gasteiger partial charge in [0.1, 0.15) is 0 Å². The molecule has 0 aromatic rings. The summed E-state index contributed by atoms with van der Waals surface area (Å²) in [7, 11) is -2.58. The molecule has 0 atom stereocenters. The molecule has 0 amide bonds. The van der Waals surface area contributed by atoms with Gasteiger partial charge in [0.05, 0.1) is 0 Å². The summed E-state index contributed by atoms with van der Waals surface area (Å²) in [6.45, 7) is 0. The molecule has 0 spiro atoms. The molecular weight excluding hydrogens is 139 g/mol. The van der Waals surface area contributed by atoms with Crippen LogP contribution in [0.15, 0.2) is 0 Å². The van der Waals surface area contributed by atoms with Crippen LogP contribution in [0.2, 0.25) is 0 Å². The molecule has 0 bridgehead atoms. The number of hydrogen-bond donors (Lipinski definition) is 0. The van der Waals surface area contributed by atoms with Gasteiger partial charge in [-0.05, 0) is 0 Å². The van der Waals surface area contributed by atoms with Gasteiger partial charge in [-0.1, -0.05) is 0 Å². The fourth-order valence-corrected chi connectivity index (χ4v) is 0. The van der Waals surface area contributed by atoms with Crippen LogP contribution < -0.4 is 0 Å². The first-order valence-electron chi connectivity index (χ1n) is 0.535. The molecule has 0 nitrogen and oxygen atoms in total. The Morgan fingerprint density at radius 2 is 1.25 bits per heavy atom. The van der Waals surface area contributed by atoms with E-state index in [9.17, 15) is 8.22 Å². The quantitative estimate of drug-likeness (QED) is 0.286. The third-order valence-corrected chi connectivity index (χ3v) is 0. The van der Waals surface area contributed by atoms with Gasteiger partial charge in [-0.15, -0.1) is 0 Å². The number of halogens is 2.